The molecule has 0 heterocycles. The Morgan fingerprint density at radius 3 is 2.47 bits per heavy atom. The van der Waals surface area contributed by atoms with Crippen LogP contribution in [0.1, 0.15) is 27.2 Å². The van der Waals surface area contributed by atoms with Gasteiger partial charge >= 0.3 is 0 Å². The average molecular weight is 206 g/mol. The Balaban J connectivity index is 2.64. The number of hydrogen-bond donors (Lipinski definition) is 2. The lowest BCUT2D eigenvalue weighted by atomic mass is 9.97. The van der Waals surface area contributed by atoms with E-state index < -0.39 is 0 Å². The number of para-hydroxylation sites is 1. The smallest absolute Gasteiger partial charge is 0.0563 e. The molecule has 82 valence electrons. The van der Waals surface area contributed by atoms with Gasteiger partial charge in [-0.25, -0.2) is 0 Å². The summed E-state index contributed by atoms with van der Waals surface area (Å²) in [5.41, 5.74) is 1.69. The van der Waals surface area contributed by atoms with Gasteiger partial charge in [-0.2, -0.15) is 0 Å². The van der Waals surface area contributed by atoms with Gasteiger partial charge in [-0.05, 0) is 32.9 Å². The molecule has 0 saturated heterocycles. The SMILES string of the molecule is C/C(CC(C)(C)Nc1ccccc1)=N\O. The molecule has 3 nitrogen and oxygen atoms in total. The number of nitrogens with zero attached hydrogens (tertiary/aromatic N) is 1. The van der Waals surface area contributed by atoms with Gasteiger partial charge in [0.15, 0.2) is 0 Å². The molecule has 0 spiro atoms. The van der Waals surface area contributed by atoms with Crippen LogP contribution in [-0.4, -0.2) is 16.5 Å². The molecular weight excluding hydrogens is 188 g/mol. The summed E-state index contributed by atoms with van der Waals surface area (Å²) in [4.78, 5) is 0. The molecule has 0 bridgehead atoms. The van der Waals surface area contributed by atoms with E-state index in [1.54, 1.807) is 0 Å². The molecular formula is C12H18N2O. The molecule has 0 radical (unpaired) electrons. The first kappa shape index (κ1) is 11.6. The first-order valence-corrected chi connectivity index (χ1v) is 5.04. The molecule has 0 fully saturated rings. The summed E-state index contributed by atoms with van der Waals surface area (Å²) >= 11 is 0. The summed E-state index contributed by atoms with van der Waals surface area (Å²) in [5.74, 6) is 0. The maximum absolute atomic E-state index is 8.62. The Hall–Kier alpha value is -1.51. The molecule has 0 aliphatic rings. The molecule has 1 aromatic carbocycles. The zero-order valence-electron chi connectivity index (χ0n) is 9.49. The van der Waals surface area contributed by atoms with E-state index in [0.29, 0.717) is 6.42 Å². The van der Waals surface area contributed by atoms with Crippen LogP contribution in [-0.2, 0) is 0 Å². The van der Waals surface area contributed by atoms with Gasteiger partial charge in [-0.1, -0.05) is 23.4 Å². The molecule has 0 aliphatic carbocycles. The second kappa shape index (κ2) is 4.82. The van der Waals surface area contributed by atoms with Crippen molar-refractivity contribution in [3.05, 3.63) is 30.3 Å². The van der Waals surface area contributed by atoms with Gasteiger partial charge in [0.25, 0.3) is 0 Å². The van der Waals surface area contributed by atoms with E-state index in [1.807, 2.05) is 37.3 Å². The zero-order chi connectivity index (χ0) is 11.3. The van der Waals surface area contributed by atoms with Crippen molar-refractivity contribution in [3.8, 4) is 0 Å². The second-order valence-electron chi connectivity index (χ2n) is 4.39. The number of oxime groups is 1. The molecule has 15 heavy (non-hydrogen) atoms. The Morgan fingerprint density at radius 1 is 1.33 bits per heavy atom. The summed E-state index contributed by atoms with van der Waals surface area (Å²) in [6.45, 7) is 5.97. The molecule has 0 atom stereocenters. The largest absolute Gasteiger partial charge is 0.411 e. The van der Waals surface area contributed by atoms with Crippen molar-refractivity contribution in [3.63, 3.8) is 0 Å². The average Bonchev–Trinajstić information content (AvgIpc) is 2.17. The fourth-order valence-electron chi connectivity index (χ4n) is 1.63. The van der Waals surface area contributed by atoms with Crippen molar-refractivity contribution in [2.75, 3.05) is 5.32 Å². The zero-order valence-corrected chi connectivity index (χ0v) is 9.49. The molecule has 2 N–H and O–H groups in total. The minimum Gasteiger partial charge on any atom is -0.411 e. The van der Waals surface area contributed by atoms with Crippen molar-refractivity contribution < 1.29 is 5.21 Å². The van der Waals surface area contributed by atoms with Crippen LogP contribution < -0.4 is 5.32 Å². The van der Waals surface area contributed by atoms with Crippen LogP contribution in [0.15, 0.2) is 35.5 Å². The maximum Gasteiger partial charge on any atom is 0.0563 e. The number of anilines is 1. The van der Waals surface area contributed by atoms with Gasteiger partial charge < -0.3 is 10.5 Å². The standard InChI is InChI=1S/C12H18N2O/c1-10(14-15)9-12(2,3)13-11-7-5-4-6-8-11/h4-8,13,15H,9H2,1-3H3/b14-10+. The van der Waals surface area contributed by atoms with Gasteiger partial charge in [0.2, 0.25) is 0 Å². The number of benzene rings is 1. The summed E-state index contributed by atoms with van der Waals surface area (Å²) in [6, 6.07) is 10.0. The van der Waals surface area contributed by atoms with Crippen molar-refractivity contribution >= 4 is 11.4 Å². The number of rotatable bonds is 4. The molecule has 1 rings (SSSR count). The molecule has 3 heteroatoms. The van der Waals surface area contributed by atoms with Gasteiger partial charge in [0, 0.05) is 17.6 Å². The number of hydrogen-bond acceptors (Lipinski definition) is 3. The van der Waals surface area contributed by atoms with E-state index in [4.69, 9.17) is 5.21 Å². The third kappa shape index (κ3) is 4.02. The first-order valence-electron chi connectivity index (χ1n) is 5.04. The van der Waals surface area contributed by atoms with Crippen LogP contribution in [0, 0.1) is 0 Å². The van der Waals surface area contributed by atoms with Gasteiger partial charge in [0.05, 0.1) is 5.71 Å². The minimum absolute atomic E-state index is 0.113. The highest BCUT2D eigenvalue weighted by Crippen LogP contribution is 2.18. The van der Waals surface area contributed by atoms with Crippen LogP contribution >= 0.6 is 0 Å². The molecule has 0 aromatic heterocycles. The Bertz CT molecular complexity index is 331. The highest BCUT2D eigenvalue weighted by atomic mass is 16.4. The summed E-state index contributed by atoms with van der Waals surface area (Å²) in [6.07, 6.45) is 0.707. The van der Waals surface area contributed by atoms with Crippen LogP contribution in [0.5, 0.6) is 0 Å². The van der Waals surface area contributed by atoms with Gasteiger partial charge in [0.1, 0.15) is 0 Å². The monoisotopic (exact) mass is 206 g/mol. The normalized spacial score (nSPS) is 12.6. The van der Waals surface area contributed by atoms with E-state index in [9.17, 15) is 0 Å². The van der Waals surface area contributed by atoms with Gasteiger partial charge in [-0.15, -0.1) is 0 Å². The molecule has 0 aliphatic heterocycles. The molecule has 0 unspecified atom stereocenters. The minimum atomic E-state index is -0.113. The predicted octanol–water partition coefficient (Wildman–Crippen LogP) is 3.12. The molecule has 0 saturated carbocycles. The Labute approximate surface area is 90.8 Å². The van der Waals surface area contributed by atoms with Gasteiger partial charge in [-0.3, -0.25) is 0 Å². The molecule has 1 aromatic rings. The fraction of sp³-hybridized carbons (Fsp3) is 0.417. The first-order chi connectivity index (χ1) is 7.03. The predicted molar refractivity (Wildman–Crippen MR) is 63.7 cm³/mol. The lowest BCUT2D eigenvalue weighted by Gasteiger charge is -2.27. The summed E-state index contributed by atoms with van der Waals surface area (Å²) in [5, 5.41) is 15.2. The third-order valence-corrected chi connectivity index (χ3v) is 2.13. The van der Waals surface area contributed by atoms with Crippen molar-refractivity contribution in [2.45, 2.75) is 32.7 Å². The summed E-state index contributed by atoms with van der Waals surface area (Å²) < 4.78 is 0. The van der Waals surface area contributed by atoms with Crippen molar-refractivity contribution in [1.82, 2.24) is 0 Å². The van der Waals surface area contributed by atoms with E-state index in [0.717, 1.165) is 11.4 Å². The molecule has 0 amide bonds. The van der Waals surface area contributed by atoms with Crippen LogP contribution in [0.25, 0.3) is 0 Å². The quantitative estimate of drug-likeness (QED) is 0.451. The highest BCUT2D eigenvalue weighted by Gasteiger charge is 2.18. The van der Waals surface area contributed by atoms with Crippen molar-refractivity contribution in [2.24, 2.45) is 5.16 Å². The maximum atomic E-state index is 8.62. The lowest BCUT2D eigenvalue weighted by molar-refractivity contribution is 0.316. The topological polar surface area (TPSA) is 44.6 Å². The second-order valence-corrected chi connectivity index (χ2v) is 4.39. The van der Waals surface area contributed by atoms with Crippen LogP contribution in [0.2, 0.25) is 0 Å². The van der Waals surface area contributed by atoms with Crippen LogP contribution in [0.3, 0.4) is 0 Å². The Kier molecular flexibility index (Phi) is 3.72. The van der Waals surface area contributed by atoms with Crippen LogP contribution in [0.4, 0.5) is 5.69 Å². The van der Waals surface area contributed by atoms with E-state index >= 15 is 0 Å². The lowest BCUT2D eigenvalue weighted by Crippen LogP contribution is -2.33. The summed E-state index contributed by atoms with van der Waals surface area (Å²) in [7, 11) is 0. The van der Waals surface area contributed by atoms with E-state index in [1.165, 1.54) is 0 Å². The number of nitrogens with one attached hydrogen (secondary N) is 1. The fourth-order valence-corrected chi connectivity index (χ4v) is 1.63. The third-order valence-electron chi connectivity index (χ3n) is 2.13. The Morgan fingerprint density at radius 2 is 1.93 bits per heavy atom. The van der Waals surface area contributed by atoms with Crippen molar-refractivity contribution in [1.29, 1.82) is 0 Å². The highest BCUT2D eigenvalue weighted by molar-refractivity contribution is 5.82. The van der Waals surface area contributed by atoms with E-state index in [2.05, 4.69) is 24.3 Å². The van der Waals surface area contributed by atoms with E-state index in [-0.39, 0.29) is 5.54 Å².